The molecule has 1 aromatic carbocycles. The summed E-state index contributed by atoms with van der Waals surface area (Å²) in [5, 5.41) is 3.16. The summed E-state index contributed by atoms with van der Waals surface area (Å²) < 4.78 is 5.81. The monoisotopic (exact) mass is 277 g/mol. The second kappa shape index (κ2) is 5.85. The summed E-state index contributed by atoms with van der Waals surface area (Å²) in [7, 11) is 0. The molecule has 2 heterocycles. The van der Waals surface area contributed by atoms with Gasteiger partial charge in [-0.1, -0.05) is 24.3 Å². The lowest BCUT2D eigenvalue weighted by Crippen LogP contribution is -1.94. The number of halogens is 1. The van der Waals surface area contributed by atoms with E-state index < -0.39 is 0 Å². The predicted molar refractivity (Wildman–Crippen MR) is 77.6 cm³/mol. The van der Waals surface area contributed by atoms with Crippen LogP contribution < -0.4 is 4.74 Å². The maximum atomic E-state index is 5.81. The van der Waals surface area contributed by atoms with E-state index in [0.29, 0.717) is 6.61 Å². The average molecular weight is 278 g/mol. The Morgan fingerprint density at radius 3 is 2.78 bits per heavy atom. The highest BCUT2D eigenvalue weighted by atomic mass is 35.5. The summed E-state index contributed by atoms with van der Waals surface area (Å²) in [6.45, 7) is 0.605. The molecule has 0 spiro atoms. The molecular formula is C14H12ClNOS. The highest BCUT2D eigenvalue weighted by Gasteiger charge is 2.03. The van der Waals surface area contributed by atoms with Crippen molar-refractivity contribution in [3.05, 3.63) is 58.9 Å². The van der Waals surface area contributed by atoms with Crippen molar-refractivity contribution in [1.29, 1.82) is 0 Å². The maximum absolute atomic E-state index is 5.81. The standard InChI is InChI=1S/C14H11NOS.ClH/c1-4-11-5-2-8-15-14(11)13(7-1)16-10-12-6-3-9-17-12;/h1-9H,10H2;1H. The number of para-hydroxylation sites is 1. The van der Waals surface area contributed by atoms with E-state index >= 15 is 0 Å². The molecule has 2 nitrogen and oxygen atoms in total. The zero-order chi connectivity index (χ0) is 11.5. The van der Waals surface area contributed by atoms with E-state index in [4.69, 9.17) is 4.74 Å². The maximum Gasteiger partial charge on any atom is 0.146 e. The van der Waals surface area contributed by atoms with Gasteiger partial charge in [0, 0.05) is 16.5 Å². The Bertz CT molecular complexity index is 619. The molecule has 0 aliphatic rings. The van der Waals surface area contributed by atoms with Crippen molar-refractivity contribution >= 4 is 34.6 Å². The number of ether oxygens (including phenoxy) is 1. The first-order valence-corrected chi connectivity index (χ1v) is 6.30. The number of fused-ring (bicyclic) bond motifs is 1. The van der Waals surface area contributed by atoms with Gasteiger partial charge in [-0.2, -0.15) is 0 Å². The van der Waals surface area contributed by atoms with Crippen LogP contribution in [0.2, 0.25) is 0 Å². The van der Waals surface area contributed by atoms with Crippen LogP contribution in [0.1, 0.15) is 4.88 Å². The number of hydrogen-bond donors (Lipinski definition) is 0. The van der Waals surface area contributed by atoms with Gasteiger partial charge in [-0.25, -0.2) is 0 Å². The van der Waals surface area contributed by atoms with Gasteiger partial charge in [-0.15, -0.1) is 23.7 Å². The molecule has 3 aromatic rings. The molecule has 18 heavy (non-hydrogen) atoms. The van der Waals surface area contributed by atoms with Crippen LogP contribution in [0.5, 0.6) is 5.75 Å². The fourth-order valence-corrected chi connectivity index (χ4v) is 2.35. The molecule has 2 aromatic heterocycles. The zero-order valence-electron chi connectivity index (χ0n) is 9.58. The van der Waals surface area contributed by atoms with E-state index in [1.807, 2.05) is 36.4 Å². The van der Waals surface area contributed by atoms with Crippen molar-refractivity contribution in [2.75, 3.05) is 0 Å². The van der Waals surface area contributed by atoms with Crippen LogP contribution in [0.25, 0.3) is 10.9 Å². The number of nitrogens with zero attached hydrogens (tertiary/aromatic N) is 1. The molecule has 0 N–H and O–H groups in total. The Hall–Kier alpha value is -1.58. The highest BCUT2D eigenvalue weighted by Crippen LogP contribution is 2.24. The minimum absolute atomic E-state index is 0. The topological polar surface area (TPSA) is 22.1 Å². The van der Waals surface area contributed by atoms with Gasteiger partial charge < -0.3 is 4.74 Å². The van der Waals surface area contributed by atoms with Crippen LogP contribution in [0.3, 0.4) is 0 Å². The lowest BCUT2D eigenvalue weighted by Gasteiger charge is -2.07. The van der Waals surface area contributed by atoms with E-state index in [-0.39, 0.29) is 12.4 Å². The number of aromatic nitrogens is 1. The van der Waals surface area contributed by atoms with Crippen molar-refractivity contribution in [2.24, 2.45) is 0 Å². The number of rotatable bonds is 3. The second-order valence-electron chi connectivity index (χ2n) is 3.70. The second-order valence-corrected chi connectivity index (χ2v) is 4.73. The molecule has 0 amide bonds. The van der Waals surface area contributed by atoms with Gasteiger partial charge >= 0.3 is 0 Å². The third-order valence-corrected chi connectivity index (χ3v) is 3.40. The minimum atomic E-state index is 0. The first-order chi connectivity index (χ1) is 8.43. The van der Waals surface area contributed by atoms with Gasteiger partial charge in [0.05, 0.1) is 0 Å². The molecule has 4 heteroatoms. The molecule has 92 valence electrons. The Morgan fingerprint density at radius 1 is 1.06 bits per heavy atom. The lowest BCUT2D eigenvalue weighted by molar-refractivity contribution is 0.313. The Labute approximate surface area is 116 Å². The molecule has 0 saturated carbocycles. The van der Waals surface area contributed by atoms with Crippen LogP contribution in [-0.4, -0.2) is 4.98 Å². The van der Waals surface area contributed by atoms with Crippen LogP contribution in [0, 0.1) is 0 Å². The third kappa shape index (κ3) is 2.63. The van der Waals surface area contributed by atoms with Gasteiger partial charge in [0.25, 0.3) is 0 Å². The van der Waals surface area contributed by atoms with Gasteiger partial charge in [-0.3, -0.25) is 4.98 Å². The molecule has 0 aliphatic carbocycles. The van der Waals surface area contributed by atoms with Crippen LogP contribution in [0.4, 0.5) is 0 Å². The van der Waals surface area contributed by atoms with E-state index in [0.717, 1.165) is 16.7 Å². The van der Waals surface area contributed by atoms with E-state index in [1.54, 1.807) is 17.5 Å². The van der Waals surface area contributed by atoms with E-state index in [2.05, 4.69) is 16.4 Å². The smallest absolute Gasteiger partial charge is 0.146 e. The first kappa shape index (κ1) is 12.9. The zero-order valence-corrected chi connectivity index (χ0v) is 11.2. The molecule has 0 unspecified atom stereocenters. The van der Waals surface area contributed by atoms with Gasteiger partial charge in [0.15, 0.2) is 0 Å². The Morgan fingerprint density at radius 2 is 1.94 bits per heavy atom. The average Bonchev–Trinajstić information content (AvgIpc) is 2.89. The predicted octanol–water partition coefficient (Wildman–Crippen LogP) is 4.30. The van der Waals surface area contributed by atoms with Crippen LogP contribution in [-0.2, 0) is 6.61 Å². The molecule has 0 atom stereocenters. The fourth-order valence-electron chi connectivity index (χ4n) is 1.74. The SMILES string of the molecule is Cl.c1csc(COc2cccc3cccnc23)c1. The molecule has 0 saturated heterocycles. The summed E-state index contributed by atoms with van der Waals surface area (Å²) in [5.41, 5.74) is 0.923. The number of benzene rings is 1. The van der Waals surface area contributed by atoms with Gasteiger partial charge in [-0.05, 0) is 23.6 Å². The summed E-state index contributed by atoms with van der Waals surface area (Å²) >= 11 is 1.70. The third-order valence-electron chi connectivity index (χ3n) is 2.55. The first-order valence-electron chi connectivity index (χ1n) is 5.42. The van der Waals surface area contributed by atoms with Crippen molar-refractivity contribution in [3.63, 3.8) is 0 Å². The fraction of sp³-hybridized carbons (Fsp3) is 0.0714. The van der Waals surface area contributed by atoms with Gasteiger partial charge in [0.2, 0.25) is 0 Å². The molecule has 0 fully saturated rings. The Kier molecular flexibility index (Phi) is 4.18. The number of pyridine rings is 1. The van der Waals surface area contributed by atoms with E-state index in [9.17, 15) is 0 Å². The van der Waals surface area contributed by atoms with Crippen molar-refractivity contribution in [3.8, 4) is 5.75 Å². The van der Waals surface area contributed by atoms with Crippen molar-refractivity contribution < 1.29 is 4.74 Å². The van der Waals surface area contributed by atoms with Crippen molar-refractivity contribution in [2.45, 2.75) is 6.61 Å². The normalized spacial score (nSPS) is 10.0. The summed E-state index contributed by atoms with van der Waals surface area (Å²) in [6, 6.07) is 14.1. The quantitative estimate of drug-likeness (QED) is 0.712. The summed E-state index contributed by atoms with van der Waals surface area (Å²) in [6.07, 6.45) is 1.79. The largest absolute Gasteiger partial charge is 0.486 e. The number of thiophene rings is 1. The summed E-state index contributed by atoms with van der Waals surface area (Å²) in [4.78, 5) is 5.58. The molecule has 0 bridgehead atoms. The Balaban J connectivity index is 0.00000120. The van der Waals surface area contributed by atoms with E-state index in [1.165, 1.54) is 4.88 Å². The molecule has 3 rings (SSSR count). The molecule has 0 aliphatic heterocycles. The summed E-state index contributed by atoms with van der Waals surface area (Å²) in [5.74, 6) is 0.844. The van der Waals surface area contributed by atoms with Gasteiger partial charge in [0.1, 0.15) is 17.9 Å². The van der Waals surface area contributed by atoms with Crippen LogP contribution >= 0.6 is 23.7 Å². The molecular weight excluding hydrogens is 266 g/mol. The lowest BCUT2D eigenvalue weighted by atomic mass is 10.2. The minimum Gasteiger partial charge on any atom is -0.486 e. The molecule has 0 radical (unpaired) electrons. The van der Waals surface area contributed by atoms with Crippen LogP contribution in [0.15, 0.2) is 54.0 Å². The van der Waals surface area contributed by atoms with Crippen molar-refractivity contribution in [1.82, 2.24) is 4.98 Å². The highest BCUT2D eigenvalue weighted by molar-refractivity contribution is 7.09. The number of hydrogen-bond acceptors (Lipinski definition) is 3.